The molecule has 0 saturated carbocycles. The van der Waals surface area contributed by atoms with Crippen molar-refractivity contribution in [3.63, 3.8) is 0 Å². The number of hydrogen-bond acceptors (Lipinski definition) is 3. The minimum Gasteiger partial charge on any atom is -0.481 e. The van der Waals surface area contributed by atoms with Gasteiger partial charge in [-0.05, 0) is 39.1 Å². The third-order valence-electron chi connectivity index (χ3n) is 2.88. The first-order chi connectivity index (χ1) is 9.04. The van der Waals surface area contributed by atoms with Crippen LogP contribution in [-0.2, 0) is 11.2 Å². The third kappa shape index (κ3) is 5.30. The first-order valence-electron chi connectivity index (χ1n) is 6.71. The standard InChI is InChI=1S/C15H24N2O2/c1-5-13-8-6-7-9-14(13)19-12(2)15(18)16-10-11-17(3)4/h6-9,12H,5,10-11H2,1-4H3,(H,16,18)/t12-/m0/s1. The summed E-state index contributed by atoms with van der Waals surface area (Å²) in [5, 5.41) is 2.87. The molecule has 0 fully saturated rings. The maximum Gasteiger partial charge on any atom is 0.260 e. The fourth-order valence-electron chi connectivity index (χ4n) is 1.70. The number of carbonyl (C=O) groups excluding carboxylic acids is 1. The summed E-state index contributed by atoms with van der Waals surface area (Å²) in [6.45, 7) is 5.31. The van der Waals surface area contributed by atoms with E-state index in [2.05, 4.69) is 12.2 Å². The Bertz CT molecular complexity index is 405. The van der Waals surface area contributed by atoms with E-state index in [1.54, 1.807) is 6.92 Å². The predicted molar refractivity (Wildman–Crippen MR) is 77.5 cm³/mol. The number of aryl methyl sites for hydroxylation is 1. The van der Waals surface area contributed by atoms with Crippen molar-refractivity contribution in [2.75, 3.05) is 27.2 Å². The monoisotopic (exact) mass is 264 g/mol. The van der Waals surface area contributed by atoms with Gasteiger partial charge in [0.05, 0.1) is 0 Å². The van der Waals surface area contributed by atoms with Gasteiger partial charge in [-0.2, -0.15) is 0 Å². The molecule has 4 heteroatoms. The molecule has 0 spiro atoms. The summed E-state index contributed by atoms with van der Waals surface area (Å²) in [5.41, 5.74) is 1.12. The van der Waals surface area contributed by atoms with E-state index in [1.165, 1.54) is 0 Å². The van der Waals surface area contributed by atoms with E-state index in [0.717, 1.165) is 24.3 Å². The molecule has 4 nitrogen and oxygen atoms in total. The van der Waals surface area contributed by atoms with Crippen LogP contribution in [-0.4, -0.2) is 44.1 Å². The molecule has 1 atom stereocenters. The highest BCUT2D eigenvalue weighted by atomic mass is 16.5. The Labute approximate surface area is 115 Å². The number of carbonyl (C=O) groups is 1. The van der Waals surface area contributed by atoms with E-state index < -0.39 is 6.10 Å². The summed E-state index contributed by atoms with van der Waals surface area (Å²) in [5.74, 6) is 0.716. The average molecular weight is 264 g/mol. The predicted octanol–water partition coefficient (Wildman–Crippen LogP) is 1.69. The Hall–Kier alpha value is -1.55. The van der Waals surface area contributed by atoms with Crippen LogP contribution < -0.4 is 10.1 Å². The number of hydrogen-bond donors (Lipinski definition) is 1. The summed E-state index contributed by atoms with van der Waals surface area (Å²) in [6.07, 6.45) is 0.417. The highest BCUT2D eigenvalue weighted by molar-refractivity contribution is 5.80. The smallest absolute Gasteiger partial charge is 0.260 e. The third-order valence-corrected chi connectivity index (χ3v) is 2.88. The molecule has 19 heavy (non-hydrogen) atoms. The van der Waals surface area contributed by atoms with Gasteiger partial charge in [-0.3, -0.25) is 4.79 Å². The highest BCUT2D eigenvalue weighted by Crippen LogP contribution is 2.19. The fraction of sp³-hybridized carbons (Fsp3) is 0.533. The van der Waals surface area contributed by atoms with E-state index in [9.17, 15) is 4.79 Å². The SMILES string of the molecule is CCc1ccccc1O[C@@H](C)C(=O)NCCN(C)C. The molecule has 0 aliphatic carbocycles. The Kier molecular flexibility index (Phi) is 6.36. The van der Waals surface area contributed by atoms with Crippen molar-refractivity contribution in [2.45, 2.75) is 26.4 Å². The lowest BCUT2D eigenvalue weighted by molar-refractivity contribution is -0.127. The lowest BCUT2D eigenvalue weighted by atomic mass is 10.1. The molecule has 106 valence electrons. The maximum atomic E-state index is 11.9. The van der Waals surface area contributed by atoms with Gasteiger partial charge in [0.25, 0.3) is 5.91 Å². The van der Waals surface area contributed by atoms with Crippen LogP contribution in [0.3, 0.4) is 0 Å². The number of ether oxygens (including phenoxy) is 1. The van der Waals surface area contributed by atoms with Crippen molar-refractivity contribution >= 4 is 5.91 Å². The summed E-state index contributed by atoms with van der Waals surface area (Å²) in [7, 11) is 3.95. The molecule has 1 rings (SSSR count). The van der Waals surface area contributed by atoms with Crippen LogP contribution in [0.2, 0.25) is 0 Å². The molecule has 0 radical (unpaired) electrons. The van der Waals surface area contributed by atoms with Crippen LogP contribution in [0.5, 0.6) is 5.75 Å². The Morgan fingerprint density at radius 3 is 2.68 bits per heavy atom. The van der Waals surface area contributed by atoms with Gasteiger partial charge in [0.2, 0.25) is 0 Å². The largest absolute Gasteiger partial charge is 0.481 e. The van der Waals surface area contributed by atoms with E-state index in [-0.39, 0.29) is 5.91 Å². The minimum atomic E-state index is -0.477. The number of amides is 1. The normalized spacial score (nSPS) is 12.3. The van der Waals surface area contributed by atoms with Crippen molar-refractivity contribution < 1.29 is 9.53 Å². The Morgan fingerprint density at radius 2 is 2.05 bits per heavy atom. The molecule has 0 aliphatic rings. The van der Waals surface area contributed by atoms with Crippen LogP contribution in [0.4, 0.5) is 0 Å². The number of nitrogens with zero attached hydrogens (tertiary/aromatic N) is 1. The molecule has 0 bridgehead atoms. The zero-order valence-corrected chi connectivity index (χ0v) is 12.3. The van der Waals surface area contributed by atoms with Gasteiger partial charge in [0, 0.05) is 13.1 Å². The second kappa shape index (κ2) is 7.79. The Balaban J connectivity index is 2.49. The first kappa shape index (κ1) is 15.5. The van der Waals surface area contributed by atoms with Gasteiger partial charge in [-0.1, -0.05) is 25.1 Å². The minimum absolute atomic E-state index is 0.0762. The Morgan fingerprint density at radius 1 is 1.37 bits per heavy atom. The van der Waals surface area contributed by atoms with Gasteiger partial charge in [0.15, 0.2) is 6.10 Å². The van der Waals surface area contributed by atoms with Crippen LogP contribution in [0.15, 0.2) is 24.3 Å². The molecule has 1 amide bonds. The molecule has 1 aromatic rings. The van der Waals surface area contributed by atoms with Crippen LogP contribution in [0.1, 0.15) is 19.4 Å². The van der Waals surface area contributed by atoms with Gasteiger partial charge in [0.1, 0.15) is 5.75 Å². The van der Waals surface area contributed by atoms with Gasteiger partial charge < -0.3 is 15.0 Å². The molecule has 0 aromatic heterocycles. The van der Waals surface area contributed by atoms with Crippen molar-refractivity contribution in [3.8, 4) is 5.75 Å². The summed E-state index contributed by atoms with van der Waals surface area (Å²) in [6, 6.07) is 7.83. The van der Waals surface area contributed by atoms with Crippen LogP contribution >= 0.6 is 0 Å². The lowest BCUT2D eigenvalue weighted by Gasteiger charge is -2.17. The molecule has 0 aliphatic heterocycles. The highest BCUT2D eigenvalue weighted by Gasteiger charge is 2.15. The fourth-order valence-corrected chi connectivity index (χ4v) is 1.70. The zero-order chi connectivity index (χ0) is 14.3. The average Bonchev–Trinajstić information content (AvgIpc) is 2.38. The van der Waals surface area contributed by atoms with Crippen molar-refractivity contribution in [2.24, 2.45) is 0 Å². The van der Waals surface area contributed by atoms with Gasteiger partial charge in [-0.25, -0.2) is 0 Å². The maximum absolute atomic E-state index is 11.9. The number of para-hydroxylation sites is 1. The second-order valence-corrected chi connectivity index (χ2v) is 4.82. The number of nitrogens with one attached hydrogen (secondary N) is 1. The summed E-state index contributed by atoms with van der Waals surface area (Å²) >= 11 is 0. The summed E-state index contributed by atoms with van der Waals surface area (Å²) < 4.78 is 5.73. The van der Waals surface area contributed by atoms with Gasteiger partial charge in [-0.15, -0.1) is 0 Å². The van der Waals surface area contributed by atoms with E-state index in [4.69, 9.17) is 4.74 Å². The van der Waals surface area contributed by atoms with Crippen LogP contribution in [0, 0.1) is 0 Å². The molecule has 0 saturated heterocycles. The quantitative estimate of drug-likeness (QED) is 0.815. The van der Waals surface area contributed by atoms with E-state index in [0.29, 0.717) is 6.54 Å². The number of likely N-dealkylation sites (N-methyl/N-ethyl adjacent to an activating group) is 1. The molecular formula is C15H24N2O2. The van der Waals surface area contributed by atoms with Crippen molar-refractivity contribution in [3.05, 3.63) is 29.8 Å². The summed E-state index contributed by atoms with van der Waals surface area (Å²) in [4.78, 5) is 13.9. The number of benzene rings is 1. The van der Waals surface area contributed by atoms with E-state index >= 15 is 0 Å². The zero-order valence-electron chi connectivity index (χ0n) is 12.3. The van der Waals surface area contributed by atoms with Gasteiger partial charge >= 0.3 is 0 Å². The molecule has 0 unspecified atom stereocenters. The second-order valence-electron chi connectivity index (χ2n) is 4.82. The first-order valence-corrected chi connectivity index (χ1v) is 6.71. The topological polar surface area (TPSA) is 41.6 Å². The molecular weight excluding hydrogens is 240 g/mol. The van der Waals surface area contributed by atoms with Crippen molar-refractivity contribution in [1.82, 2.24) is 10.2 Å². The lowest BCUT2D eigenvalue weighted by Crippen LogP contribution is -2.39. The molecule has 1 N–H and O–H groups in total. The number of rotatable bonds is 7. The van der Waals surface area contributed by atoms with E-state index in [1.807, 2.05) is 43.3 Å². The van der Waals surface area contributed by atoms with Crippen molar-refractivity contribution in [1.29, 1.82) is 0 Å². The molecule has 0 heterocycles. The molecule has 1 aromatic carbocycles. The van der Waals surface area contributed by atoms with Crippen LogP contribution in [0.25, 0.3) is 0 Å².